The Hall–Kier alpha value is -6.81. The lowest BCUT2D eigenvalue weighted by Gasteiger charge is -2.17. The molecule has 3 aliphatic heterocycles. The van der Waals surface area contributed by atoms with E-state index in [9.17, 15) is 28.8 Å². The normalized spacial score (nSPS) is 14.2. The Morgan fingerprint density at radius 1 is 0.329 bits per heavy atom. The number of nitrogens with zero attached hydrogens (tertiary/aromatic N) is 3. The predicted molar refractivity (Wildman–Crippen MR) is 302 cm³/mol. The summed E-state index contributed by atoms with van der Waals surface area (Å²) >= 11 is 3.78. The third kappa shape index (κ3) is 15.0. The number of hydrogen-bond acceptors (Lipinski definition) is 15. The topological polar surface area (TPSA) is 140 Å². The van der Waals surface area contributed by atoms with Gasteiger partial charge in [-0.3, -0.25) is 28.8 Å². The summed E-state index contributed by atoms with van der Waals surface area (Å²) in [5.74, 6) is -2.50. The minimum atomic E-state index is -0.656. The number of ether oxygens (including phenoxy) is 3. The molecule has 3 heterocycles. The van der Waals surface area contributed by atoms with E-state index in [-0.39, 0.29) is 54.4 Å². The van der Waals surface area contributed by atoms with Gasteiger partial charge in [0.15, 0.2) is 17.3 Å². The van der Waals surface area contributed by atoms with E-state index in [4.69, 9.17) is 14.2 Å². The molecular formula is C61H61N3O9S3. The van der Waals surface area contributed by atoms with Crippen molar-refractivity contribution >= 4 is 87.6 Å². The maximum Gasteiger partial charge on any atom is 0.316 e. The summed E-state index contributed by atoms with van der Waals surface area (Å²) in [5.41, 5.74) is 6.83. The quantitative estimate of drug-likeness (QED) is 0.0246. The largest absolute Gasteiger partial charge is 0.464 e. The van der Waals surface area contributed by atoms with Crippen molar-refractivity contribution in [3.05, 3.63) is 179 Å². The number of thioether (sulfide) groups is 3. The fourth-order valence-electron chi connectivity index (χ4n) is 9.33. The molecule has 392 valence electrons. The van der Waals surface area contributed by atoms with Gasteiger partial charge in [-0.2, -0.15) is 0 Å². The Bertz CT molecular complexity index is 2610. The van der Waals surface area contributed by atoms with Crippen LogP contribution in [0.4, 0.5) is 17.1 Å². The van der Waals surface area contributed by atoms with E-state index in [0.29, 0.717) is 33.4 Å². The van der Waals surface area contributed by atoms with Crippen molar-refractivity contribution in [2.45, 2.75) is 53.2 Å². The van der Waals surface area contributed by atoms with E-state index >= 15 is 0 Å². The molecule has 12 nitrogen and oxygen atoms in total. The summed E-state index contributed by atoms with van der Waals surface area (Å²) in [4.78, 5) is 88.2. The van der Waals surface area contributed by atoms with Gasteiger partial charge >= 0.3 is 17.9 Å². The van der Waals surface area contributed by atoms with Crippen LogP contribution in [0.2, 0.25) is 0 Å². The van der Waals surface area contributed by atoms with E-state index in [1.54, 1.807) is 72.8 Å². The third-order valence-electron chi connectivity index (χ3n) is 13.7. The van der Waals surface area contributed by atoms with Gasteiger partial charge in [-0.05, 0) is 184 Å². The highest BCUT2D eigenvalue weighted by Gasteiger charge is 2.21. The number of hydrogen-bond donors (Lipinski definition) is 0. The van der Waals surface area contributed by atoms with E-state index in [1.165, 1.54) is 73.8 Å². The fraction of sp³-hybridized carbons (Fsp3) is 0.311. The molecule has 15 heteroatoms. The third-order valence-corrected chi connectivity index (χ3v) is 16.6. The molecule has 0 bridgehead atoms. The van der Waals surface area contributed by atoms with Crippen LogP contribution >= 0.6 is 35.3 Å². The van der Waals surface area contributed by atoms with E-state index in [2.05, 4.69) is 14.7 Å². The molecule has 6 aromatic carbocycles. The molecule has 0 aromatic heterocycles. The summed E-state index contributed by atoms with van der Waals surface area (Å²) in [6.45, 7) is 5.68. The van der Waals surface area contributed by atoms with Gasteiger partial charge < -0.3 is 28.9 Å². The second kappa shape index (κ2) is 26.8. The van der Waals surface area contributed by atoms with Crippen LogP contribution in [0.15, 0.2) is 160 Å². The van der Waals surface area contributed by atoms with Gasteiger partial charge in [-0.1, -0.05) is 0 Å². The smallest absolute Gasteiger partial charge is 0.316 e. The Labute approximate surface area is 457 Å². The number of ketones is 3. The first kappa shape index (κ1) is 54.0. The molecule has 6 aromatic rings. The summed E-state index contributed by atoms with van der Waals surface area (Å²) < 4.78 is 16.9. The molecule has 3 fully saturated rings. The minimum Gasteiger partial charge on any atom is -0.464 e. The molecule has 0 atom stereocenters. The van der Waals surface area contributed by atoms with Crippen molar-refractivity contribution in [2.75, 3.05) is 91.0 Å². The maximum atomic E-state index is 13.2. The predicted octanol–water partition coefficient (Wildman–Crippen LogP) is 11.1. The average molecular weight is 1080 g/mol. The highest BCUT2D eigenvalue weighted by atomic mass is 32.2. The molecule has 0 saturated carbocycles. The monoisotopic (exact) mass is 1080 g/mol. The molecule has 0 spiro atoms. The fourth-order valence-corrected chi connectivity index (χ4v) is 11.4. The van der Waals surface area contributed by atoms with Gasteiger partial charge in [0.05, 0.1) is 23.2 Å². The Balaban J connectivity index is 0.745. The van der Waals surface area contributed by atoms with Crippen LogP contribution in [-0.4, -0.2) is 112 Å². The summed E-state index contributed by atoms with van der Waals surface area (Å²) in [7, 11) is 0. The van der Waals surface area contributed by atoms with Crippen LogP contribution in [0.1, 0.15) is 86.3 Å². The lowest BCUT2D eigenvalue weighted by molar-refractivity contribution is -0.150. The molecule has 0 amide bonds. The zero-order chi connectivity index (χ0) is 52.6. The van der Waals surface area contributed by atoms with Crippen molar-refractivity contribution in [2.24, 2.45) is 5.92 Å². The molecule has 3 saturated heterocycles. The molecular weight excluding hydrogens is 1010 g/mol. The van der Waals surface area contributed by atoms with Crippen molar-refractivity contribution in [3.63, 3.8) is 0 Å². The summed E-state index contributed by atoms with van der Waals surface area (Å²) in [6.07, 6.45) is 7.07. The number of carbonyl (C=O) groups is 6. The molecule has 0 unspecified atom stereocenters. The number of anilines is 3. The Kier molecular flexibility index (Phi) is 19.0. The maximum absolute atomic E-state index is 13.2. The highest BCUT2D eigenvalue weighted by Crippen LogP contribution is 2.27. The number of esters is 3. The minimum absolute atomic E-state index is 0.0182. The van der Waals surface area contributed by atoms with E-state index in [1.807, 2.05) is 72.8 Å². The van der Waals surface area contributed by atoms with Crippen LogP contribution in [0.25, 0.3) is 0 Å². The van der Waals surface area contributed by atoms with E-state index < -0.39 is 23.8 Å². The SMILES string of the molecule is O=C(CSc1ccc(C(=O)c2ccc(N3CCCC3)cc2)cc1)OCC(COC(=O)CSc1ccc(C(=O)c2ccc(N3CCCC3)cc2)cc1)COC(=O)CSc1ccc(C(=O)c2ccc(N3CCCC3)cc2)cc1. The first-order chi connectivity index (χ1) is 37.1. The second-order valence-corrected chi connectivity index (χ2v) is 22.2. The van der Waals surface area contributed by atoms with Gasteiger partial charge in [-0.15, -0.1) is 35.3 Å². The van der Waals surface area contributed by atoms with Crippen LogP contribution in [0.3, 0.4) is 0 Å². The molecule has 76 heavy (non-hydrogen) atoms. The molecule has 0 radical (unpaired) electrons. The van der Waals surface area contributed by atoms with Crippen molar-refractivity contribution in [3.8, 4) is 0 Å². The van der Waals surface area contributed by atoms with Gasteiger partial charge in [-0.25, -0.2) is 0 Å². The first-order valence-electron chi connectivity index (χ1n) is 26.0. The summed E-state index contributed by atoms with van der Waals surface area (Å²) in [5, 5.41) is 0. The number of rotatable bonds is 24. The Morgan fingerprint density at radius 2 is 0.539 bits per heavy atom. The van der Waals surface area contributed by atoms with Gasteiger partial charge in [0, 0.05) is 104 Å². The van der Waals surface area contributed by atoms with E-state index in [0.717, 1.165) is 71.0 Å². The van der Waals surface area contributed by atoms with Crippen molar-refractivity contribution < 1.29 is 43.0 Å². The first-order valence-corrected chi connectivity index (χ1v) is 28.9. The van der Waals surface area contributed by atoms with Crippen molar-refractivity contribution in [1.29, 1.82) is 0 Å². The van der Waals surface area contributed by atoms with Gasteiger partial charge in [0.2, 0.25) is 0 Å². The van der Waals surface area contributed by atoms with Gasteiger partial charge in [0.1, 0.15) is 19.8 Å². The van der Waals surface area contributed by atoms with Crippen LogP contribution < -0.4 is 14.7 Å². The second-order valence-electron chi connectivity index (χ2n) is 19.1. The lowest BCUT2D eigenvalue weighted by Crippen LogP contribution is -2.27. The highest BCUT2D eigenvalue weighted by molar-refractivity contribution is 8.00. The van der Waals surface area contributed by atoms with Crippen LogP contribution in [0.5, 0.6) is 0 Å². The number of benzene rings is 6. The zero-order valence-electron chi connectivity index (χ0n) is 42.4. The Morgan fingerprint density at radius 3 is 0.763 bits per heavy atom. The zero-order valence-corrected chi connectivity index (χ0v) is 44.9. The lowest BCUT2D eigenvalue weighted by atomic mass is 10.0. The van der Waals surface area contributed by atoms with Crippen molar-refractivity contribution in [1.82, 2.24) is 0 Å². The molecule has 0 aliphatic carbocycles. The average Bonchev–Trinajstić information content (AvgIpc) is 4.32. The molecule has 0 N–H and O–H groups in total. The number of carbonyl (C=O) groups excluding carboxylic acids is 6. The standard InChI is InChI=1S/C61H61N3O9S3/c65-56(40-74-53-25-13-47(14-26-53)59(68)44-7-19-50(20-8-44)62-31-1-2-32-62)71-37-43(38-72-57(66)41-75-54-27-15-48(16-28-54)60(69)45-9-21-51(22-10-45)63-33-3-4-34-63)39-73-58(67)42-76-55-29-17-49(18-30-55)61(70)46-11-23-52(24-12-46)64-35-5-6-36-64/h7-30,43H,1-6,31-42H2. The summed E-state index contributed by atoms with van der Waals surface area (Å²) in [6, 6.07) is 44.4. The molecule has 9 rings (SSSR count). The van der Waals surface area contributed by atoms with Crippen LogP contribution in [0, 0.1) is 5.92 Å². The molecule has 3 aliphatic rings. The van der Waals surface area contributed by atoms with Gasteiger partial charge in [0.25, 0.3) is 0 Å². The van der Waals surface area contributed by atoms with Crippen LogP contribution in [-0.2, 0) is 28.6 Å².